The largest absolute Gasteiger partial charge is 0.347 e. The van der Waals surface area contributed by atoms with Crippen LogP contribution in [0.25, 0.3) is 0 Å². The number of nitrogens with one attached hydrogen (secondary N) is 2. The van der Waals surface area contributed by atoms with Gasteiger partial charge in [-0.2, -0.15) is 0 Å². The van der Waals surface area contributed by atoms with Crippen LogP contribution in [0.2, 0.25) is 0 Å². The predicted molar refractivity (Wildman–Crippen MR) is 87.1 cm³/mol. The van der Waals surface area contributed by atoms with Crippen LogP contribution in [-0.4, -0.2) is 20.9 Å². The van der Waals surface area contributed by atoms with E-state index in [1.807, 2.05) is 0 Å². The molecule has 0 aliphatic carbocycles. The van der Waals surface area contributed by atoms with Crippen molar-refractivity contribution in [2.24, 2.45) is 0 Å². The van der Waals surface area contributed by atoms with Gasteiger partial charge < -0.3 is 10.6 Å². The highest BCUT2D eigenvalue weighted by atomic mass is 19.1. The Morgan fingerprint density at radius 3 is 2.60 bits per heavy atom. The molecule has 0 fully saturated rings. The number of rotatable bonds is 5. The van der Waals surface area contributed by atoms with Crippen molar-refractivity contribution < 1.29 is 13.6 Å². The lowest BCUT2D eigenvalue weighted by molar-refractivity contribution is 0.0946. The van der Waals surface area contributed by atoms with E-state index in [0.29, 0.717) is 6.54 Å². The summed E-state index contributed by atoms with van der Waals surface area (Å²) in [5.41, 5.74) is 1.02. The summed E-state index contributed by atoms with van der Waals surface area (Å²) < 4.78 is 26.6. The fourth-order valence-corrected chi connectivity index (χ4v) is 2.03. The van der Waals surface area contributed by atoms with Crippen LogP contribution in [0, 0.1) is 11.6 Å². The maximum Gasteiger partial charge on any atom is 0.270 e. The SMILES string of the molecule is O=C(NCc1ccncc1)c1ccnc(Nc2ccc(F)cc2F)n1. The van der Waals surface area contributed by atoms with E-state index < -0.39 is 17.5 Å². The molecule has 3 aromatic rings. The van der Waals surface area contributed by atoms with Crippen molar-refractivity contribution in [2.75, 3.05) is 5.32 Å². The molecule has 0 unspecified atom stereocenters. The Kier molecular flexibility index (Phi) is 4.89. The van der Waals surface area contributed by atoms with Crippen molar-refractivity contribution in [3.05, 3.63) is 77.9 Å². The van der Waals surface area contributed by atoms with Gasteiger partial charge in [-0.1, -0.05) is 0 Å². The molecule has 1 aromatic carbocycles. The van der Waals surface area contributed by atoms with Crippen LogP contribution in [0.5, 0.6) is 0 Å². The van der Waals surface area contributed by atoms with Gasteiger partial charge in [-0.05, 0) is 35.9 Å². The molecule has 0 atom stereocenters. The van der Waals surface area contributed by atoms with Crippen LogP contribution in [0.4, 0.5) is 20.4 Å². The molecule has 0 radical (unpaired) electrons. The summed E-state index contributed by atoms with van der Waals surface area (Å²) in [6.07, 6.45) is 4.63. The molecule has 0 spiro atoms. The van der Waals surface area contributed by atoms with Crippen LogP contribution in [0.15, 0.2) is 55.0 Å². The van der Waals surface area contributed by atoms with E-state index >= 15 is 0 Å². The van der Waals surface area contributed by atoms with Gasteiger partial charge >= 0.3 is 0 Å². The van der Waals surface area contributed by atoms with Gasteiger partial charge in [-0.25, -0.2) is 18.7 Å². The average Bonchev–Trinajstić information content (AvgIpc) is 2.63. The monoisotopic (exact) mass is 341 g/mol. The Labute approximate surface area is 142 Å². The van der Waals surface area contributed by atoms with E-state index in [0.717, 1.165) is 17.7 Å². The first-order valence-electron chi connectivity index (χ1n) is 7.34. The molecule has 0 saturated carbocycles. The molecule has 2 aromatic heterocycles. The summed E-state index contributed by atoms with van der Waals surface area (Å²) in [5, 5.41) is 5.33. The van der Waals surface area contributed by atoms with Gasteiger partial charge in [0.25, 0.3) is 5.91 Å². The summed E-state index contributed by atoms with van der Waals surface area (Å²) in [4.78, 5) is 24.0. The average molecular weight is 341 g/mol. The Balaban J connectivity index is 1.69. The van der Waals surface area contributed by atoms with E-state index in [9.17, 15) is 13.6 Å². The third-order valence-electron chi connectivity index (χ3n) is 3.27. The van der Waals surface area contributed by atoms with Crippen LogP contribution < -0.4 is 10.6 Å². The number of amides is 1. The molecule has 25 heavy (non-hydrogen) atoms. The topological polar surface area (TPSA) is 79.8 Å². The van der Waals surface area contributed by atoms with E-state index in [-0.39, 0.29) is 17.3 Å². The van der Waals surface area contributed by atoms with Gasteiger partial charge in [0.2, 0.25) is 5.95 Å². The standard InChI is InChI=1S/C17H13F2N5O/c18-12-1-2-14(13(19)9-12)23-17-21-8-5-15(24-17)16(25)22-10-11-3-6-20-7-4-11/h1-9H,10H2,(H,22,25)(H,21,23,24). The minimum absolute atomic E-state index is 0.00995. The van der Waals surface area contributed by atoms with Gasteiger partial charge in [0.05, 0.1) is 5.69 Å². The highest BCUT2D eigenvalue weighted by Gasteiger charge is 2.10. The lowest BCUT2D eigenvalue weighted by Crippen LogP contribution is -2.24. The number of hydrogen-bond donors (Lipinski definition) is 2. The van der Waals surface area contributed by atoms with Gasteiger partial charge in [-0.15, -0.1) is 0 Å². The maximum atomic E-state index is 13.7. The first kappa shape index (κ1) is 16.4. The second kappa shape index (κ2) is 7.43. The number of pyridine rings is 1. The number of benzene rings is 1. The normalized spacial score (nSPS) is 10.3. The predicted octanol–water partition coefficient (Wildman–Crippen LogP) is 2.82. The van der Waals surface area contributed by atoms with Gasteiger partial charge in [-0.3, -0.25) is 9.78 Å². The van der Waals surface area contributed by atoms with Crippen LogP contribution in [-0.2, 0) is 6.54 Å². The zero-order chi connectivity index (χ0) is 17.6. The van der Waals surface area contributed by atoms with Crippen LogP contribution in [0.1, 0.15) is 16.1 Å². The molecule has 6 nitrogen and oxygen atoms in total. The first-order valence-corrected chi connectivity index (χ1v) is 7.34. The Morgan fingerprint density at radius 2 is 1.84 bits per heavy atom. The van der Waals surface area contributed by atoms with E-state index in [2.05, 4.69) is 25.6 Å². The minimum Gasteiger partial charge on any atom is -0.347 e. The second-order valence-corrected chi connectivity index (χ2v) is 5.05. The molecular weight excluding hydrogens is 328 g/mol. The van der Waals surface area contributed by atoms with Gasteiger partial charge in [0.1, 0.15) is 17.3 Å². The highest BCUT2D eigenvalue weighted by Crippen LogP contribution is 2.18. The number of nitrogens with zero attached hydrogens (tertiary/aromatic N) is 3. The van der Waals surface area contributed by atoms with E-state index in [1.165, 1.54) is 18.3 Å². The summed E-state index contributed by atoms with van der Waals surface area (Å²) in [7, 11) is 0. The van der Waals surface area contributed by atoms with Gasteiger partial charge in [0, 0.05) is 31.2 Å². The molecule has 0 bridgehead atoms. The Morgan fingerprint density at radius 1 is 1.04 bits per heavy atom. The minimum atomic E-state index is -0.781. The van der Waals surface area contributed by atoms with E-state index in [4.69, 9.17) is 0 Å². The molecule has 0 aliphatic heterocycles. The molecule has 0 saturated heterocycles. The lowest BCUT2D eigenvalue weighted by atomic mass is 10.2. The zero-order valence-corrected chi connectivity index (χ0v) is 12.9. The number of halogens is 2. The maximum absolute atomic E-state index is 13.7. The molecular formula is C17H13F2N5O. The van der Waals surface area contributed by atoms with Crippen molar-refractivity contribution in [1.29, 1.82) is 0 Å². The van der Waals surface area contributed by atoms with Crippen molar-refractivity contribution in [2.45, 2.75) is 6.54 Å². The number of aromatic nitrogens is 3. The molecule has 3 rings (SSSR count). The molecule has 126 valence electrons. The van der Waals surface area contributed by atoms with Crippen LogP contribution >= 0.6 is 0 Å². The number of hydrogen-bond acceptors (Lipinski definition) is 5. The summed E-state index contributed by atoms with van der Waals surface area (Å²) in [6.45, 7) is 0.320. The lowest BCUT2D eigenvalue weighted by Gasteiger charge is -2.08. The summed E-state index contributed by atoms with van der Waals surface area (Å²) >= 11 is 0. The third-order valence-corrected chi connectivity index (χ3v) is 3.27. The van der Waals surface area contributed by atoms with Crippen molar-refractivity contribution in [3.63, 3.8) is 0 Å². The number of carbonyl (C=O) groups is 1. The first-order chi connectivity index (χ1) is 12.1. The molecule has 2 N–H and O–H groups in total. The van der Waals surface area contributed by atoms with Crippen molar-refractivity contribution in [3.8, 4) is 0 Å². The highest BCUT2D eigenvalue weighted by molar-refractivity contribution is 5.92. The number of carbonyl (C=O) groups excluding carboxylic acids is 1. The fraction of sp³-hybridized carbons (Fsp3) is 0.0588. The second-order valence-electron chi connectivity index (χ2n) is 5.05. The van der Waals surface area contributed by atoms with Crippen molar-refractivity contribution in [1.82, 2.24) is 20.3 Å². The molecule has 0 aliphatic rings. The quantitative estimate of drug-likeness (QED) is 0.746. The van der Waals surface area contributed by atoms with Crippen LogP contribution in [0.3, 0.4) is 0 Å². The molecule has 2 heterocycles. The van der Waals surface area contributed by atoms with E-state index in [1.54, 1.807) is 24.5 Å². The molecule has 1 amide bonds. The summed E-state index contributed by atoms with van der Waals surface area (Å²) in [5.74, 6) is -1.84. The zero-order valence-electron chi connectivity index (χ0n) is 12.9. The summed E-state index contributed by atoms with van der Waals surface area (Å²) in [6, 6.07) is 8.08. The fourth-order valence-electron chi connectivity index (χ4n) is 2.03. The smallest absolute Gasteiger partial charge is 0.270 e. The Hall–Kier alpha value is -3.42. The molecule has 8 heteroatoms. The van der Waals surface area contributed by atoms with Crippen molar-refractivity contribution >= 4 is 17.5 Å². The third kappa shape index (κ3) is 4.31. The van der Waals surface area contributed by atoms with Gasteiger partial charge in [0.15, 0.2) is 0 Å². The number of anilines is 2. The Bertz CT molecular complexity index is 889.